The van der Waals surface area contributed by atoms with Crippen LogP contribution in [0.25, 0.3) is 0 Å². The first-order chi connectivity index (χ1) is 11.1. The molecule has 1 aliphatic heterocycles. The molecule has 0 saturated heterocycles. The number of amides is 3. The van der Waals surface area contributed by atoms with Crippen molar-refractivity contribution >= 4 is 35.7 Å². The third-order valence-corrected chi connectivity index (χ3v) is 4.46. The summed E-state index contributed by atoms with van der Waals surface area (Å²) < 4.78 is 0. The minimum absolute atomic E-state index is 0.257. The number of benzene rings is 1. The molecule has 0 aliphatic carbocycles. The van der Waals surface area contributed by atoms with Gasteiger partial charge in [-0.05, 0) is 12.1 Å². The second-order valence-corrected chi connectivity index (χ2v) is 6.08. The van der Waals surface area contributed by atoms with E-state index in [1.54, 1.807) is 24.3 Å². The maximum absolute atomic E-state index is 12.4. The van der Waals surface area contributed by atoms with Crippen LogP contribution in [0.2, 0.25) is 0 Å². The van der Waals surface area contributed by atoms with E-state index in [4.69, 9.17) is 11.1 Å². The molecule has 122 valence electrons. The highest BCUT2D eigenvalue weighted by Gasteiger charge is 2.41. The summed E-state index contributed by atoms with van der Waals surface area (Å²) in [4.78, 5) is 37.4. The van der Waals surface area contributed by atoms with Gasteiger partial charge in [-0.3, -0.25) is 19.3 Å². The Balaban J connectivity index is 2.02. The van der Waals surface area contributed by atoms with E-state index < -0.39 is 23.8 Å². The fourth-order valence-corrected chi connectivity index (χ4v) is 3.28. The van der Waals surface area contributed by atoms with Gasteiger partial charge in [0.05, 0.1) is 11.1 Å². The molecule has 0 aromatic heterocycles. The number of nitrogens with one attached hydrogen (secondary N) is 2. The summed E-state index contributed by atoms with van der Waals surface area (Å²) in [6.07, 6.45) is 1.26. The number of nitrogens with zero attached hydrogens (tertiary/aromatic N) is 1. The summed E-state index contributed by atoms with van der Waals surface area (Å²) in [6.45, 7) is 1.14. The summed E-state index contributed by atoms with van der Waals surface area (Å²) in [5.41, 5.74) is 6.01. The van der Waals surface area contributed by atoms with Gasteiger partial charge in [0.25, 0.3) is 11.8 Å². The summed E-state index contributed by atoms with van der Waals surface area (Å²) >= 11 is 1.43. The predicted octanol–water partition coefficient (Wildman–Crippen LogP) is 0.109. The van der Waals surface area contributed by atoms with Crippen molar-refractivity contribution in [1.29, 1.82) is 5.41 Å². The molecule has 0 bridgehead atoms. The van der Waals surface area contributed by atoms with Crippen molar-refractivity contribution < 1.29 is 14.4 Å². The third-order valence-electron chi connectivity index (χ3n) is 3.41. The minimum atomic E-state index is -0.963. The van der Waals surface area contributed by atoms with Crippen LogP contribution in [0.1, 0.15) is 20.7 Å². The van der Waals surface area contributed by atoms with Crippen LogP contribution in [-0.4, -0.2) is 59.5 Å². The van der Waals surface area contributed by atoms with Crippen molar-refractivity contribution in [3.8, 4) is 0 Å². The highest BCUT2D eigenvalue weighted by molar-refractivity contribution is 7.99. The molecule has 3 amide bonds. The summed E-state index contributed by atoms with van der Waals surface area (Å²) in [5, 5.41) is 9.90. The normalized spacial score (nSPS) is 14.7. The Bertz CT molecular complexity index is 600. The van der Waals surface area contributed by atoms with Gasteiger partial charge in [-0.2, -0.15) is 11.8 Å². The number of hydrogen-bond acceptors (Lipinski definition) is 6. The zero-order valence-corrected chi connectivity index (χ0v) is 13.3. The van der Waals surface area contributed by atoms with Gasteiger partial charge in [0.1, 0.15) is 6.04 Å². The van der Waals surface area contributed by atoms with Crippen LogP contribution in [0, 0.1) is 5.41 Å². The fraction of sp³-hybridized carbons (Fsp3) is 0.333. The molecule has 0 radical (unpaired) electrons. The molecule has 1 aromatic rings. The van der Waals surface area contributed by atoms with E-state index in [0.29, 0.717) is 30.0 Å². The Morgan fingerprint density at radius 3 is 2.43 bits per heavy atom. The van der Waals surface area contributed by atoms with Crippen LogP contribution < -0.4 is 11.1 Å². The van der Waals surface area contributed by atoms with Crippen LogP contribution in [0.5, 0.6) is 0 Å². The zero-order valence-electron chi connectivity index (χ0n) is 12.5. The maximum Gasteiger partial charge on any atom is 0.262 e. The van der Waals surface area contributed by atoms with E-state index in [-0.39, 0.29) is 5.75 Å². The first kappa shape index (κ1) is 17.2. The summed E-state index contributed by atoms with van der Waals surface area (Å²) in [7, 11) is 0. The van der Waals surface area contributed by atoms with Crippen LogP contribution in [0.3, 0.4) is 0 Å². The molecular formula is C15H18N4O3S. The standard InChI is InChI=1S/C15H18N4O3S/c16-5-6-18-7-8-23-9-12(13(17)20)19-14(21)10-3-1-2-4-11(10)15(19)22/h1-5,12,16,18H,6-9H2,(H2,17,20). The van der Waals surface area contributed by atoms with Gasteiger partial charge in [-0.15, -0.1) is 0 Å². The molecule has 1 aromatic carbocycles. The van der Waals surface area contributed by atoms with E-state index in [1.807, 2.05) is 0 Å². The number of rotatable bonds is 9. The quantitative estimate of drug-likeness (QED) is 0.337. The minimum Gasteiger partial charge on any atom is -0.368 e. The number of carbonyl (C=O) groups excluding carboxylic acids is 3. The molecule has 2 rings (SSSR count). The second kappa shape index (κ2) is 7.89. The fourth-order valence-electron chi connectivity index (χ4n) is 2.29. The van der Waals surface area contributed by atoms with Crippen molar-refractivity contribution in [3.63, 3.8) is 0 Å². The number of nitrogens with two attached hydrogens (primary N) is 1. The molecule has 4 N–H and O–H groups in total. The number of imide groups is 1. The number of hydrogen-bond donors (Lipinski definition) is 3. The van der Waals surface area contributed by atoms with Crippen molar-refractivity contribution in [2.24, 2.45) is 5.73 Å². The largest absolute Gasteiger partial charge is 0.368 e. The zero-order chi connectivity index (χ0) is 16.8. The van der Waals surface area contributed by atoms with Crippen molar-refractivity contribution in [1.82, 2.24) is 10.2 Å². The molecule has 1 unspecified atom stereocenters. The molecule has 0 spiro atoms. The number of thioether (sulfide) groups is 1. The summed E-state index contributed by atoms with van der Waals surface area (Å²) in [5.74, 6) is -0.707. The number of primary amides is 1. The SMILES string of the molecule is N=CCNCCSCC(C(N)=O)N1C(=O)c2ccccc2C1=O. The van der Waals surface area contributed by atoms with Gasteiger partial charge in [0.2, 0.25) is 5.91 Å². The lowest BCUT2D eigenvalue weighted by molar-refractivity contribution is -0.121. The Morgan fingerprint density at radius 2 is 1.91 bits per heavy atom. The molecule has 23 heavy (non-hydrogen) atoms. The summed E-state index contributed by atoms with van der Waals surface area (Å²) in [6, 6.07) is 5.53. The average Bonchev–Trinajstić information content (AvgIpc) is 2.79. The van der Waals surface area contributed by atoms with Crippen molar-refractivity contribution in [3.05, 3.63) is 35.4 Å². The highest BCUT2D eigenvalue weighted by atomic mass is 32.2. The van der Waals surface area contributed by atoms with Crippen LogP contribution in [0.15, 0.2) is 24.3 Å². The molecular weight excluding hydrogens is 316 g/mol. The predicted molar refractivity (Wildman–Crippen MR) is 88.9 cm³/mol. The van der Waals surface area contributed by atoms with E-state index in [1.165, 1.54) is 18.0 Å². The van der Waals surface area contributed by atoms with Gasteiger partial charge < -0.3 is 16.5 Å². The van der Waals surface area contributed by atoms with Crippen molar-refractivity contribution in [2.45, 2.75) is 6.04 Å². The third kappa shape index (κ3) is 3.77. The smallest absolute Gasteiger partial charge is 0.262 e. The number of fused-ring (bicyclic) bond motifs is 1. The van der Waals surface area contributed by atoms with Gasteiger partial charge in [-0.25, -0.2) is 0 Å². The van der Waals surface area contributed by atoms with Crippen molar-refractivity contribution in [2.75, 3.05) is 24.6 Å². The lowest BCUT2D eigenvalue weighted by atomic mass is 10.1. The van der Waals surface area contributed by atoms with Gasteiger partial charge in [0.15, 0.2) is 0 Å². The Labute approximate surface area is 138 Å². The van der Waals surface area contributed by atoms with Gasteiger partial charge >= 0.3 is 0 Å². The molecule has 1 atom stereocenters. The number of carbonyl (C=O) groups is 3. The average molecular weight is 334 g/mol. The van der Waals surface area contributed by atoms with E-state index in [0.717, 1.165) is 4.90 Å². The van der Waals surface area contributed by atoms with E-state index in [2.05, 4.69) is 5.32 Å². The van der Waals surface area contributed by atoms with Gasteiger partial charge in [-0.1, -0.05) is 12.1 Å². The second-order valence-electron chi connectivity index (χ2n) is 4.93. The molecule has 7 nitrogen and oxygen atoms in total. The van der Waals surface area contributed by atoms with E-state index in [9.17, 15) is 14.4 Å². The first-order valence-electron chi connectivity index (χ1n) is 7.11. The first-order valence-corrected chi connectivity index (χ1v) is 8.27. The van der Waals surface area contributed by atoms with Crippen LogP contribution in [0.4, 0.5) is 0 Å². The molecule has 0 saturated carbocycles. The highest BCUT2D eigenvalue weighted by Crippen LogP contribution is 2.25. The van der Waals surface area contributed by atoms with Crippen LogP contribution >= 0.6 is 11.8 Å². The Hall–Kier alpha value is -2.19. The lowest BCUT2D eigenvalue weighted by Gasteiger charge is -2.23. The van der Waals surface area contributed by atoms with Gasteiger partial charge in [0, 0.05) is 30.8 Å². The Morgan fingerprint density at radius 1 is 1.30 bits per heavy atom. The maximum atomic E-state index is 12.4. The molecule has 1 aliphatic rings. The molecule has 1 heterocycles. The lowest BCUT2D eigenvalue weighted by Crippen LogP contribution is -2.49. The van der Waals surface area contributed by atoms with Crippen LogP contribution in [-0.2, 0) is 4.79 Å². The van der Waals surface area contributed by atoms with E-state index >= 15 is 0 Å². The molecule has 0 fully saturated rings. The monoisotopic (exact) mass is 334 g/mol. The topological polar surface area (TPSA) is 116 Å². The molecule has 8 heteroatoms. The Kier molecular flexibility index (Phi) is 5.89.